The highest BCUT2D eigenvalue weighted by atomic mass is 16.5. The summed E-state index contributed by atoms with van der Waals surface area (Å²) < 4.78 is 5.65. The van der Waals surface area contributed by atoms with Gasteiger partial charge in [-0.15, -0.1) is 0 Å². The van der Waals surface area contributed by atoms with Crippen LogP contribution in [0.4, 0.5) is 4.79 Å². The van der Waals surface area contributed by atoms with Gasteiger partial charge >= 0.3 is 6.09 Å². The van der Waals surface area contributed by atoms with E-state index in [4.69, 9.17) is 9.84 Å². The second-order valence-corrected chi connectivity index (χ2v) is 5.41. The van der Waals surface area contributed by atoms with Gasteiger partial charge in [0.1, 0.15) is 11.8 Å². The normalized spacial score (nSPS) is 33.5. The van der Waals surface area contributed by atoms with E-state index in [2.05, 4.69) is 15.5 Å². The zero-order chi connectivity index (χ0) is 14.1. The number of hydrogen-bond donors (Lipinski definition) is 3. The first-order valence-corrected chi connectivity index (χ1v) is 6.82. The summed E-state index contributed by atoms with van der Waals surface area (Å²) in [6, 6.07) is 0.0318. The Balaban J connectivity index is 1.54. The Hall–Kier alpha value is -1.67. The molecule has 1 aliphatic carbocycles. The molecule has 0 unspecified atom stereocenters. The Morgan fingerprint density at radius 3 is 2.85 bits per heavy atom. The smallest absolute Gasteiger partial charge is 0.404 e. The molecule has 2 fully saturated rings. The van der Waals surface area contributed by atoms with Crippen molar-refractivity contribution in [2.24, 2.45) is 0 Å². The van der Waals surface area contributed by atoms with E-state index in [-0.39, 0.29) is 24.3 Å². The molecule has 3 rings (SSSR count). The minimum absolute atomic E-state index is 0.124. The number of carboxylic acid groups (broad SMARTS) is 1. The lowest BCUT2D eigenvalue weighted by Crippen LogP contribution is -2.40. The molecule has 110 valence electrons. The van der Waals surface area contributed by atoms with E-state index < -0.39 is 6.09 Å². The van der Waals surface area contributed by atoms with Crippen molar-refractivity contribution in [3.05, 3.63) is 11.9 Å². The van der Waals surface area contributed by atoms with E-state index in [0.29, 0.717) is 19.4 Å². The topological polar surface area (TPSA) is 110 Å². The molecule has 1 saturated heterocycles. The van der Waals surface area contributed by atoms with Gasteiger partial charge in [0.15, 0.2) is 0 Å². The van der Waals surface area contributed by atoms with Gasteiger partial charge in [0, 0.05) is 0 Å². The van der Waals surface area contributed by atoms with Crippen LogP contribution in [0.5, 0.6) is 0 Å². The number of ether oxygens (including phenoxy) is 1. The number of carbonyl (C=O) groups is 1. The lowest BCUT2D eigenvalue weighted by atomic mass is 9.90. The predicted octanol–water partition coefficient (Wildman–Crippen LogP) is 0.462. The lowest BCUT2D eigenvalue weighted by molar-refractivity contribution is -0.00675. The molecule has 1 saturated carbocycles. The van der Waals surface area contributed by atoms with Crippen molar-refractivity contribution in [2.45, 2.75) is 50.0 Å². The number of aliphatic hydroxyl groups excluding tert-OH is 1. The maximum absolute atomic E-state index is 10.6. The summed E-state index contributed by atoms with van der Waals surface area (Å²) >= 11 is 0. The fourth-order valence-corrected chi connectivity index (χ4v) is 2.63. The lowest BCUT2D eigenvalue weighted by Gasteiger charge is -2.30. The van der Waals surface area contributed by atoms with Crippen molar-refractivity contribution < 1.29 is 19.7 Å². The molecule has 0 radical (unpaired) electrons. The summed E-state index contributed by atoms with van der Waals surface area (Å²) in [4.78, 5) is 12.2. The summed E-state index contributed by atoms with van der Waals surface area (Å²) in [5.41, 5.74) is 0.778. The molecule has 1 aromatic heterocycles. The number of nitrogens with one attached hydrogen (secondary N) is 1. The summed E-state index contributed by atoms with van der Waals surface area (Å²) in [5, 5.41) is 29.0. The molecule has 8 heteroatoms. The number of aliphatic hydroxyl groups is 1. The molecule has 20 heavy (non-hydrogen) atoms. The van der Waals surface area contributed by atoms with Crippen molar-refractivity contribution >= 4 is 6.09 Å². The quantitative estimate of drug-likeness (QED) is 0.743. The molecule has 2 atom stereocenters. The van der Waals surface area contributed by atoms with Crippen LogP contribution in [0.25, 0.3) is 0 Å². The van der Waals surface area contributed by atoms with Crippen LogP contribution >= 0.6 is 0 Å². The minimum Gasteiger partial charge on any atom is -0.465 e. The molecular formula is C12H18N4O4. The average Bonchev–Trinajstić information content (AvgIpc) is 2.84. The molecule has 1 aliphatic heterocycles. The second-order valence-electron chi connectivity index (χ2n) is 5.41. The fraction of sp³-hybridized carbons (Fsp3) is 0.750. The number of amides is 1. The third-order valence-corrected chi connectivity index (χ3v) is 3.87. The van der Waals surface area contributed by atoms with Crippen molar-refractivity contribution in [3.8, 4) is 0 Å². The molecule has 0 bridgehead atoms. The minimum atomic E-state index is -1.02. The maximum atomic E-state index is 10.6. The van der Waals surface area contributed by atoms with E-state index >= 15 is 0 Å². The van der Waals surface area contributed by atoms with Crippen LogP contribution in [0.15, 0.2) is 6.20 Å². The van der Waals surface area contributed by atoms with E-state index in [1.807, 2.05) is 0 Å². The number of aromatic nitrogens is 3. The first kappa shape index (κ1) is 13.3. The summed E-state index contributed by atoms with van der Waals surface area (Å²) in [5.74, 6) is 0. The van der Waals surface area contributed by atoms with E-state index in [9.17, 15) is 9.90 Å². The average molecular weight is 282 g/mol. The highest BCUT2D eigenvalue weighted by molar-refractivity contribution is 5.64. The SMILES string of the molecule is O=C(O)N[C@@H]1CC[C@@H](c2cnn(C3CC(O)C3)n2)OC1. The molecule has 3 N–H and O–H groups in total. The second kappa shape index (κ2) is 5.37. The Kier molecular flexibility index (Phi) is 3.58. The van der Waals surface area contributed by atoms with E-state index in [0.717, 1.165) is 18.5 Å². The van der Waals surface area contributed by atoms with Crippen LogP contribution in [0.3, 0.4) is 0 Å². The molecule has 8 nitrogen and oxygen atoms in total. The molecule has 2 heterocycles. The van der Waals surface area contributed by atoms with Crippen LogP contribution < -0.4 is 5.32 Å². The molecule has 0 aromatic carbocycles. The first-order chi connectivity index (χ1) is 9.61. The number of hydrogen-bond acceptors (Lipinski definition) is 5. The van der Waals surface area contributed by atoms with Crippen LogP contribution in [-0.2, 0) is 4.74 Å². The van der Waals surface area contributed by atoms with Crippen LogP contribution in [0.2, 0.25) is 0 Å². The monoisotopic (exact) mass is 282 g/mol. The van der Waals surface area contributed by atoms with Crippen LogP contribution in [-0.4, -0.2) is 50.1 Å². The summed E-state index contributed by atoms with van der Waals surface area (Å²) in [6.45, 7) is 0.353. The molecular weight excluding hydrogens is 264 g/mol. The third-order valence-electron chi connectivity index (χ3n) is 3.87. The summed E-state index contributed by atoms with van der Waals surface area (Å²) in [6.07, 6.45) is 3.16. The largest absolute Gasteiger partial charge is 0.465 e. The molecule has 1 amide bonds. The fourth-order valence-electron chi connectivity index (χ4n) is 2.63. The van der Waals surface area contributed by atoms with Gasteiger partial charge < -0.3 is 20.3 Å². The standard InChI is InChI=1S/C12H18N4O4/c17-9-3-8(4-9)16-13-5-10(15-16)11-2-1-7(6-20-11)14-12(18)19/h5,7-9,11,14,17H,1-4,6H2,(H,18,19)/t7-,8?,9?,11+/m1/s1. The third kappa shape index (κ3) is 2.75. The molecule has 2 aliphatic rings. The molecule has 1 aromatic rings. The zero-order valence-electron chi connectivity index (χ0n) is 11.0. The van der Waals surface area contributed by atoms with Gasteiger partial charge in [0.05, 0.1) is 31.0 Å². The Labute approximate surface area is 115 Å². The van der Waals surface area contributed by atoms with Crippen molar-refractivity contribution in [3.63, 3.8) is 0 Å². The highest BCUT2D eigenvalue weighted by Crippen LogP contribution is 2.32. The summed E-state index contributed by atoms with van der Waals surface area (Å²) in [7, 11) is 0. The van der Waals surface area contributed by atoms with E-state index in [1.165, 1.54) is 0 Å². The zero-order valence-corrected chi connectivity index (χ0v) is 11.0. The van der Waals surface area contributed by atoms with Crippen LogP contribution in [0, 0.1) is 0 Å². The van der Waals surface area contributed by atoms with Gasteiger partial charge in [-0.3, -0.25) is 0 Å². The molecule has 0 spiro atoms. The van der Waals surface area contributed by atoms with Crippen molar-refractivity contribution in [1.29, 1.82) is 0 Å². The van der Waals surface area contributed by atoms with Gasteiger partial charge in [-0.2, -0.15) is 15.0 Å². The van der Waals surface area contributed by atoms with Crippen LogP contribution in [0.1, 0.15) is 43.5 Å². The maximum Gasteiger partial charge on any atom is 0.404 e. The number of rotatable bonds is 3. The van der Waals surface area contributed by atoms with Gasteiger partial charge in [-0.25, -0.2) is 4.79 Å². The van der Waals surface area contributed by atoms with Gasteiger partial charge in [-0.05, 0) is 25.7 Å². The predicted molar refractivity (Wildman–Crippen MR) is 67.2 cm³/mol. The first-order valence-electron chi connectivity index (χ1n) is 6.82. The number of nitrogens with zero attached hydrogens (tertiary/aromatic N) is 3. The van der Waals surface area contributed by atoms with Gasteiger partial charge in [-0.1, -0.05) is 0 Å². The highest BCUT2D eigenvalue weighted by Gasteiger charge is 2.32. The van der Waals surface area contributed by atoms with Crippen molar-refractivity contribution in [1.82, 2.24) is 20.3 Å². The Morgan fingerprint density at radius 1 is 1.45 bits per heavy atom. The van der Waals surface area contributed by atoms with Crippen molar-refractivity contribution in [2.75, 3.05) is 6.61 Å². The Bertz CT molecular complexity index is 478. The van der Waals surface area contributed by atoms with Gasteiger partial charge in [0.25, 0.3) is 0 Å². The van der Waals surface area contributed by atoms with Gasteiger partial charge in [0.2, 0.25) is 0 Å². The van der Waals surface area contributed by atoms with E-state index in [1.54, 1.807) is 11.0 Å². The Morgan fingerprint density at radius 2 is 2.25 bits per heavy atom.